The highest BCUT2D eigenvalue weighted by Gasteiger charge is 2.31. The molecule has 2 nitrogen and oxygen atoms in total. The van der Waals surface area contributed by atoms with Crippen LogP contribution in [0, 0.1) is 12.9 Å². The summed E-state index contributed by atoms with van der Waals surface area (Å²) in [6.45, 7) is 2.16. The van der Waals surface area contributed by atoms with Crippen molar-refractivity contribution in [2.45, 2.75) is 31.7 Å². The molecule has 1 saturated carbocycles. The van der Waals surface area contributed by atoms with Crippen LogP contribution in [0.25, 0.3) is 0 Å². The highest BCUT2D eigenvalue weighted by molar-refractivity contribution is 5.38. The summed E-state index contributed by atoms with van der Waals surface area (Å²) in [5.74, 6) is 0.820. The second kappa shape index (κ2) is 5.00. The van der Waals surface area contributed by atoms with E-state index < -0.39 is 5.95 Å². The molecule has 19 heavy (non-hydrogen) atoms. The fourth-order valence-electron chi connectivity index (χ4n) is 2.73. The van der Waals surface area contributed by atoms with Gasteiger partial charge in [-0.3, -0.25) is 0 Å². The van der Waals surface area contributed by atoms with E-state index in [1.165, 1.54) is 17.2 Å². The summed E-state index contributed by atoms with van der Waals surface area (Å²) in [5, 5.41) is 3.29. The fourth-order valence-corrected chi connectivity index (χ4v) is 2.73. The predicted molar refractivity (Wildman–Crippen MR) is 74.8 cm³/mol. The molecule has 3 heteroatoms. The third-order valence-corrected chi connectivity index (χ3v) is 3.83. The van der Waals surface area contributed by atoms with Crippen LogP contribution < -0.4 is 5.32 Å². The Morgan fingerprint density at radius 2 is 1.89 bits per heavy atom. The number of hydrogen-bond acceptors (Lipinski definition) is 2. The number of halogens is 1. The van der Waals surface area contributed by atoms with Crippen LogP contribution in [0.15, 0.2) is 42.5 Å². The number of hydrogen-bond donors (Lipinski definition) is 1. The van der Waals surface area contributed by atoms with Gasteiger partial charge in [-0.15, -0.1) is 0 Å². The van der Waals surface area contributed by atoms with E-state index in [9.17, 15) is 4.39 Å². The third kappa shape index (κ3) is 2.60. The highest BCUT2D eigenvalue weighted by atomic mass is 19.1. The molecule has 1 aliphatic rings. The molecule has 0 aliphatic heterocycles. The van der Waals surface area contributed by atoms with Gasteiger partial charge in [0, 0.05) is 6.04 Å². The zero-order chi connectivity index (χ0) is 13.2. The molecule has 2 aromatic rings. The van der Waals surface area contributed by atoms with Gasteiger partial charge < -0.3 is 5.32 Å². The van der Waals surface area contributed by atoms with Crippen LogP contribution in [0.5, 0.6) is 0 Å². The van der Waals surface area contributed by atoms with E-state index in [2.05, 4.69) is 41.5 Å². The van der Waals surface area contributed by atoms with Crippen LogP contribution in [-0.4, -0.2) is 11.0 Å². The molecule has 0 atom stereocenters. The Balaban J connectivity index is 1.60. The molecule has 1 aromatic heterocycles. The molecule has 0 spiro atoms. The Labute approximate surface area is 112 Å². The largest absolute Gasteiger partial charge is 0.367 e. The molecule has 98 valence electrons. The normalized spacial score (nSPS) is 21.8. The average molecular weight is 256 g/mol. The number of benzene rings is 1. The quantitative estimate of drug-likeness (QED) is 0.843. The smallest absolute Gasteiger partial charge is 0.214 e. The van der Waals surface area contributed by atoms with Gasteiger partial charge in [-0.1, -0.05) is 30.3 Å². The first-order valence-corrected chi connectivity index (χ1v) is 6.67. The molecule has 3 rings (SSSR count). The number of nitrogens with one attached hydrogen (secondary N) is 1. The summed E-state index contributed by atoms with van der Waals surface area (Å²) >= 11 is 0. The van der Waals surface area contributed by atoms with Crippen molar-refractivity contribution < 1.29 is 4.39 Å². The van der Waals surface area contributed by atoms with Crippen molar-refractivity contribution in [2.75, 3.05) is 5.32 Å². The number of rotatable bonds is 3. The summed E-state index contributed by atoms with van der Waals surface area (Å²) in [7, 11) is 0. The van der Waals surface area contributed by atoms with Gasteiger partial charge in [0.1, 0.15) is 5.82 Å². The minimum absolute atomic E-state index is 0.402. The van der Waals surface area contributed by atoms with Gasteiger partial charge in [0.15, 0.2) is 0 Å². The topological polar surface area (TPSA) is 24.9 Å². The van der Waals surface area contributed by atoms with Crippen LogP contribution in [0.4, 0.5) is 10.2 Å². The Kier molecular flexibility index (Phi) is 3.20. The molecule has 0 amide bonds. The van der Waals surface area contributed by atoms with Crippen molar-refractivity contribution in [3.8, 4) is 0 Å². The van der Waals surface area contributed by atoms with Crippen molar-refractivity contribution >= 4 is 5.82 Å². The Bertz CT molecular complexity index is 576. The minimum atomic E-state index is -0.431. The predicted octanol–water partition coefficient (Wildman–Crippen LogP) is 3.89. The summed E-state index contributed by atoms with van der Waals surface area (Å²) in [5.41, 5.74) is 2.79. The van der Waals surface area contributed by atoms with Gasteiger partial charge in [-0.2, -0.15) is 4.39 Å². The standard InChI is InChI=1S/C16H17FN2/c1-11-5-2-3-6-14(11)12-9-13(10-12)18-16-8-4-7-15(17)19-16/h2-8,12-13H,9-10H2,1H3,(H,18,19). The van der Waals surface area contributed by atoms with Gasteiger partial charge in [0.2, 0.25) is 5.95 Å². The lowest BCUT2D eigenvalue weighted by molar-refractivity contribution is 0.372. The first-order chi connectivity index (χ1) is 9.22. The minimum Gasteiger partial charge on any atom is -0.367 e. The maximum absolute atomic E-state index is 13.0. The van der Waals surface area contributed by atoms with Crippen molar-refractivity contribution in [3.63, 3.8) is 0 Å². The van der Waals surface area contributed by atoms with E-state index in [0.717, 1.165) is 12.8 Å². The van der Waals surface area contributed by atoms with E-state index in [4.69, 9.17) is 0 Å². The number of nitrogens with zero attached hydrogens (tertiary/aromatic N) is 1. The average Bonchev–Trinajstić information content (AvgIpc) is 2.35. The number of aryl methyl sites for hydroxylation is 1. The molecule has 1 heterocycles. The molecule has 0 radical (unpaired) electrons. The molecule has 1 N–H and O–H groups in total. The summed E-state index contributed by atoms with van der Waals surface area (Å²) in [4.78, 5) is 3.83. The van der Waals surface area contributed by atoms with Gasteiger partial charge in [-0.05, 0) is 48.9 Å². The van der Waals surface area contributed by atoms with Crippen LogP contribution in [0.1, 0.15) is 29.9 Å². The zero-order valence-corrected chi connectivity index (χ0v) is 10.9. The lowest BCUT2D eigenvalue weighted by atomic mass is 9.74. The Morgan fingerprint density at radius 3 is 2.63 bits per heavy atom. The van der Waals surface area contributed by atoms with E-state index in [0.29, 0.717) is 17.8 Å². The van der Waals surface area contributed by atoms with Crippen molar-refractivity contribution in [1.29, 1.82) is 0 Å². The molecule has 1 aliphatic carbocycles. The summed E-state index contributed by atoms with van der Waals surface area (Å²) in [6, 6.07) is 13.8. The van der Waals surface area contributed by atoms with E-state index in [1.54, 1.807) is 6.07 Å². The Morgan fingerprint density at radius 1 is 1.11 bits per heavy atom. The summed E-state index contributed by atoms with van der Waals surface area (Å²) in [6.07, 6.45) is 2.17. The SMILES string of the molecule is Cc1ccccc1C1CC(Nc2cccc(F)n2)C1. The first kappa shape index (κ1) is 12.2. The third-order valence-electron chi connectivity index (χ3n) is 3.83. The fraction of sp³-hybridized carbons (Fsp3) is 0.312. The lowest BCUT2D eigenvalue weighted by Gasteiger charge is -2.37. The number of aromatic nitrogens is 1. The second-order valence-electron chi connectivity index (χ2n) is 5.21. The van der Waals surface area contributed by atoms with Gasteiger partial charge >= 0.3 is 0 Å². The van der Waals surface area contributed by atoms with Crippen molar-refractivity contribution in [2.24, 2.45) is 0 Å². The molecule has 0 unspecified atom stereocenters. The zero-order valence-electron chi connectivity index (χ0n) is 10.9. The maximum atomic E-state index is 13.0. The molecule has 1 fully saturated rings. The lowest BCUT2D eigenvalue weighted by Crippen LogP contribution is -2.34. The van der Waals surface area contributed by atoms with Crippen molar-refractivity contribution in [1.82, 2.24) is 4.98 Å². The monoisotopic (exact) mass is 256 g/mol. The van der Waals surface area contributed by atoms with E-state index in [-0.39, 0.29) is 0 Å². The van der Waals surface area contributed by atoms with Crippen molar-refractivity contribution in [3.05, 3.63) is 59.5 Å². The van der Waals surface area contributed by atoms with E-state index in [1.807, 2.05) is 6.07 Å². The number of anilines is 1. The number of pyridine rings is 1. The molecule has 0 saturated heterocycles. The van der Waals surface area contributed by atoms with Gasteiger partial charge in [-0.25, -0.2) is 4.98 Å². The summed E-state index contributed by atoms with van der Waals surface area (Å²) < 4.78 is 13.0. The highest BCUT2D eigenvalue weighted by Crippen LogP contribution is 2.39. The van der Waals surface area contributed by atoms with Crippen LogP contribution in [-0.2, 0) is 0 Å². The molecule has 1 aromatic carbocycles. The van der Waals surface area contributed by atoms with E-state index >= 15 is 0 Å². The van der Waals surface area contributed by atoms with Gasteiger partial charge in [0.05, 0.1) is 0 Å². The molecule has 0 bridgehead atoms. The van der Waals surface area contributed by atoms with Crippen LogP contribution in [0.2, 0.25) is 0 Å². The van der Waals surface area contributed by atoms with Crippen LogP contribution in [0.3, 0.4) is 0 Å². The second-order valence-corrected chi connectivity index (χ2v) is 5.21. The first-order valence-electron chi connectivity index (χ1n) is 6.67. The molecular formula is C16H17FN2. The van der Waals surface area contributed by atoms with Crippen LogP contribution >= 0.6 is 0 Å². The van der Waals surface area contributed by atoms with Gasteiger partial charge in [0.25, 0.3) is 0 Å². The Hall–Kier alpha value is -1.90. The maximum Gasteiger partial charge on any atom is 0.214 e. The molecular weight excluding hydrogens is 239 g/mol.